The predicted octanol–water partition coefficient (Wildman–Crippen LogP) is 2.37. The molecule has 0 amide bonds. The molecular weight excluding hydrogens is 324 g/mol. The van der Waals surface area contributed by atoms with E-state index in [0.717, 1.165) is 48.4 Å². The van der Waals surface area contributed by atoms with Crippen LogP contribution in [-0.4, -0.2) is 35.9 Å². The van der Waals surface area contributed by atoms with Gasteiger partial charge in [0.15, 0.2) is 5.50 Å². The van der Waals surface area contributed by atoms with Crippen LogP contribution in [0.2, 0.25) is 0 Å². The van der Waals surface area contributed by atoms with Gasteiger partial charge >= 0.3 is 0 Å². The van der Waals surface area contributed by atoms with Gasteiger partial charge in [-0.15, -0.1) is 0 Å². The third-order valence-corrected chi connectivity index (χ3v) is 5.49. The number of hydrogen-bond donors (Lipinski definition) is 1. The zero-order chi connectivity index (χ0) is 16.7. The van der Waals surface area contributed by atoms with Crippen LogP contribution in [0.3, 0.4) is 0 Å². The summed E-state index contributed by atoms with van der Waals surface area (Å²) in [5, 5.41) is 3.42. The molecule has 1 fully saturated rings. The van der Waals surface area contributed by atoms with Gasteiger partial charge in [0.2, 0.25) is 0 Å². The highest BCUT2D eigenvalue weighted by Crippen LogP contribution is 2.45. The van der Waals surface area contributed by atoms with Crippen molar-refractivity contribution in [3.63, 3.8) is 0 Å². The molecule has 1 unspecified atom stereocenters. The molecule has 1 aromatic carbocycles. The Morgan fingerprint density at radius 1 is 1.25 bits per heavy atom. The van der Waals surface area contributed by atoms with E-state index < -0.39 is 0 Å². The maximum Gasteiger partial charge on any atom is 0.256 e. The molecule has 3 heterocycles. The fourth-order valence-electron chi connectivity index (χ4n) is 3.18. The lowest BCUT2D eigenvalue weighted by Gasteiger charge is -2.29. The quantitative estimate of drug-likeness (QED) is 0.903. The second-order valence-electron chi connectivity index (χ2n) is 6.05. The van der Waals surface area contributed by atoms with Crippen LogP contribution in [0.1, 0.15) is 17.0 Å². The van der Waals surface area contributed by atoms with Crippen molar-refractivity contribution in [2.75, 3.05) is 36.5 Å². The summed E-state index contributed by atoms with van der Waals surface area (Å²) < 4.78 is 7.13. The second kappa shape index (κ2) is 6.14. The Balaban J connectivity index is 1.61. The zero-order valence-electron chi connectivity index (χ0n) is 13.8. The van der Waals surface area contributed by atoms with Gasteiger partial charge in [-0.3, -0.25) is 9.36 Å². The molecule has 1 atom stereocenters. The normalized spacial score (nSPS) is 19.9. The number of aryl methyl sites for hydroxylation is 2. The first-order chi connectivity index (χ1) is 11.6. The van der Waals surface area contributed by atoms with Crippen molar-refractivity contribution in [2.45, 2.75) is 24.2 Å². The van der Waals surface area contributed by atoms with Crippen LogP contribution in [-0.2, 0) is 4.74 Å². The summed E-state index contributed by atoms with van der Waals surface area (Å²) in [6.07, 6.45) is 0. The zero-order valence-corrected chi connectivity index (χ0v) is 14.6. The Morgan fingerprint density at radius 3 is 2.79 bits per heavy atom. The highest BCUT2D eigenvalue weighted by molar-refractivity contribution is 8.00. The molecule has 24 heavy (non-hydrogen) atoms. The molecule has 1 saturated heterocycles. The third kappa shape index (κ3) is 2.78. The lowest BCUT2D eigenvalue weighted by Crippen LogP contribution is -2.36. The number of hydrogen-bond acceptors (Lipinski definition) is 6. The largest absolute Gasteiger partial charge is 0.378 e. The van der Waals surface area contributed by atoms with E-state index >= 15 is 0 Å². The van der Waals surface area contributed by atoms with E-state index in [4.69, 9.17) is 4.74 Å². The molecule has 1 N–H and O–H groups in total. The van der Waals surface area contributed by atoms with Gasteiger partial charge in [-0.1, -0.05) is 11.8 Å². The fraction of sp³-hybridized carbons (Fsp3) is 0.412. The van der Waals surface area contributed by atoms with Crippen LogP contribution in [0, 0.1) is 13.8 Å². The van der Waals surface area contributed by atoms with Crippen molar-refractivity contribution in [1.82, 2.24) is 9.55 Å². The van der Waals surface area contributed by atoms with Gasteiger partial charge in [-0.2, -0.15) is 0 Å². The summed E-state index contributed by atoms with van der Waals surface area (Å²) in [6.45, 7) is 7.10. The molecule has 2 aliphatic heterocycles. The predicted molar refractivity (Wildman–Crippen MR) is 96.0 cm³/mol. The Kier molecular flexibility index (Phi) is 3.97. The molecular formula is C17H20N4O2S. The molecule has 1 aromatic heterocycles. The molecule has 6 nitrogen and oxygen atoms in total. The van der Waals surface area contributed by atoms with Crippen LogP contribution in [0.4, 0.5) is 11.4 Å². The van der Waals surface area contributed by atoms with E-state index in [9.17, 15) is 4.79 Å². The van der Waals surface area contributed by atoms with Crippen molar-refractivity contribution >= 4 is 23.1 Å². The van der Waals surface area contributed by atoms with Gasteiger partial charge in [-0.05, 0) is 32.0 Å². The molecule has 0 spiro atoms. The Bertz CT molecular complexity index is 830. The maximum absolute atomic E-state index is 12.4. The third-order valence-electron chi connectivity index (χ3n) is 4.35. The Labute approximate surface area is 144 Å². The molecule has 2 aliphatic rings. The van der Waals surface area contributed by atoms with Crippen molar-refractivity contribution in [2.24, 2.45) is 0 Å². The highest BCUT2D eigenvalue weighted by atomic mass is 32.2. The van der Waals surface area contributed by atoms with Crippen molar-refractivity contribution in [3.8, 4) is 0 Å². The minimum absolute atomic E-state index is 0.0220. The minimum Gasteiger partial charge on any atom is -0.378 e. The molecule has 2 aromatic rings. The summed E-state index contributed by atoms with van der Waals surface area (Å²) in [5.41, 5.74) is 2.85. The second-order valence-corrected chi connectivity index (χ2v) is 7.17. The summed E-state index contributed by atoms with van der Waals surface area (Å²) >= 11 is 1.66. The molecule has 0 aliphatic carbocycles. The average molecular weight is 344 g/mol. The number of anilines is 2. The van der Waals surface area contributed by atoms with E-state index in [1.807, 2.05) is 13.8 Å². The van der Waals surface area contributed by atoms with E-state index in [0.29, 0.717) is 0 Å². The van der Waals surface area contributed by atoms with Crippen LogP contribution in [0.5, 0.6) is 0 Å². The van der Waals surface area contributed by atoms with Gasteiger partial charge in [0.1, 0.15) is 5.82 Å². The smallest absolute Gasteiger partial charge is 0.256 e. The number of fused-ring (bicyclic) bond motifs is 1. The summed E-state index contributed by atoms with van der Waals surface area (Å²) in [4.78, 5) is 20.3. The number of benzene rings is 1. The lowest BCUT2D eigenvalue weighted by molar-refractivity contribution is 0.122. The number of aromatic nitrogens is 2. The van der Waals surface area contributed by atoms with E-state index in [1.165, 1.54) is 5.69 Å². The molecule has 7 heteroatoms. The first-order valence-corrected chi connectivity index (χ1v) is 8.96. The lowest BCUT2D eigenvalue weighted by atomic mass is 10.2. The van der Waals surface area contributed by atoms with E-state index in [1.54, 1.807) is 22.4 Å². The van der Waals surface area contributed by atoms with Crippen LogP contribution < -0.4 is 15.8 Å². The average Bonchev–Trinajstić information content (AvgIpc) is 2.97. The van der Waals surface area contributed by atoms with Gasteiger partial charge in [0, 0.05) is 35.4 Å². The molecule has 0 radical (unpaired) electrons. The van der Waals surface area contributed by atoms with Crippen LogP contribution in [0.25, 0.3) is 0 Å². The van der Waals surface area contributed by atoms with E-state index in [-0.39, 0.29) is 11.1 Å². The van der Waals surface area contributed by atoms with Crippen LogP contribution >= 0.6 is 11.8 Å². The standard InChI is InChI=1S/C17H20N4O2S/c1-11-9-16(22)21(12(2)18-11)17-19-14-4-3-13(10-15(14)24-17)20-5-7-23-8-6-20/h3-4,9-10,17,19H,5-8H2,1-2H3. The van der Waals surface area contributed by atoms with Gasteiger partial charge in [0.25, 0.3) is 5.56 Å². The van der Waals surface area contributed by atoms with Crippen molar-refractivity contribution in [3.05, 3.63) is 46.1 Å². The fourth-order valence-corrected chi connectivity index (χ4v) is 4.41. The number of thioether (sulfide) groups is 1. The number of morpholine rings is 1. The SMILES string of the molecule is Cc1cc(=O)n(C2Nc3ccc(N4CCOCC4)cc3S2)c(C)n1. The number of rotatable bonds is 2. The Hall–Kier alpha value is -1.99. The summed E-state index contributed by atoms with van der Waals surface area (Å²) in [6, 6.07) is 8.00. The first-order valence-electron chi connectivity index (χ1n) is 8.08. The number of nitrogens with zero attached hydrogens (tertiary/aromatic N) is 3. The van der Waals surface area contributed by atoms with Gasteiger partial charge in [-0.25, -0.2) is 4.98 Å². The number of ether oxygens (including phenoxy) is 1. The summed E-state index contributed by atoms with van der Waals surface area (Å²) in [7, 11) is 0. The molecule has 0 saturated carbocycles. The monoisotopic (exact) mass is 344 g/mol. The topological polar surface area (TPSA) is 59.4 Å². The van der Waals surface area contributed by atoms with Crippen molar-refractivity contribution in [1.29, 1.82) is 0 Å². The minimum atomic E-state index is -0.152. The Morgan fingerprint density at radius 2 is 2.04 bits per heavy atom. The highest BCUT2D eigenvalue weighted by Gasteiger charge is 2.26. The van der Waals surface area contributed by atoms with Crippen LogP contribution in [0.15, 0.2) is 34.0 Å². The van der Waals surface area contributed by atoms with Crippen molar-refractivity contribution < 1.29 is 4.74 Å². The van der Waals surface area contributed by atoms with Gasteiger partial charge < -0.3 is 15.0 Å². The first kappa shape index (κ1) is 15.5. The molecule has 126 valence electrons. The maximum atomic E-state index is 12.4. The van der Waals surface area contributed by atoms with E-state index in [2.05, 4.69) is 33.4 Å². The number of nitrogens with one attached hydrogen (secondary N) is 1. The molecule has 0 bridgehead atoms. The van der Waals surface area contributed by atoms with Gasteiger partial charge in [0.05, 0.1) is 18.9 Å². The molecule has 4 rings (SSSR count). The summed E-state index contributed by atoms with van der Waals surface area (Å²) in [5.74, 6) is 0.728.